The van der Waals surface area contributed by atoms with Gasteiger partial charge in [0.2, 0.25) is 11.9 Å². The molecule has 1 aromatic heterocycles. The molecular formula is C20H22F2N4O3. The number of hydrogen-bond donors (Lipinski definition) is 2. The molecule has 2 amide bonds. The summed E-state index contributed by atoms with van der Waals surface area (Å²) in [6.45, 7) is 3.08. The Morgan fingerprint density at radius 2 is 1.97 bits per heavy atom. The third kappa shape index (κ3) is 5.94. The van der Waals surface area contributed by atoms with E-state index in [2.05, 4.69) is 20.6 Å². The van der Waals surface area contributed by atoms with Gasteiger partial charge in [0.25, 0.3) is 12.3 Å². The Morgan fingerprint density at radius 1 is 1.21 bits per heavy atom. The summed E-state index contributed by atoms with van der Waals surface area (Å²) in [5, 5.41) is 5.41. The average molecular weight is 404 g/mol. The second-order valence-corrected chi connectivity index (χ2v) is 6.95. The molecule has 0 saturated heterocycles. The Hall–Kier alpha value is -3.10. The Bertz CT molecular complexity index is 917. The Balaban J connectivity index is 1.61. The fourth-order valence-electron chi connectivity index (χ4n) is 2.68. The van der Waals surface area contributed by atoms with Crippen molar-refractivity contribution in [2.45, 2.75) is 39.7 Å². The Morgan fingerprint density at radius 3 is 2.62 bits per heavy atom. The molecular weight excluding hydrogens is 382 g/mol. The molecule has 7 nitrogen and oxygen atoms in total. The number of halogens is 2. The molecule has 0 atom stereocenters. The van der Waals surface area contributed by atoms with E-state index in [0.717, 1.165) is 24.0 Å². The number of ether oxygens (including phenoxy) is 1. The number of rotatable bonds is 8. The smallest absolute Gasteiger partial charge is 0.272 e. The quantitative estimate of drug-likeness (QED) is 0.706. The van der Waals surface area contributed by atoms with E-state index in [1.807, 2.05) is 0 Å². The minimum atomic E-state index is -2.54. The maximum atomic E-state index is 12.5. The van der Waals surface area contributed by atoms with E-state index in [1.165, 1.54) is 6.07 Å². The van der Waals surface area contributed by atoms with Gasteiger partial charge in [-0.3, -0.25) is 14.9 Å². The highest BCUT2D eigenvalue weighted by molar-refractivity contribution is 5.95. The molecule has 1 aliphatic carbocycles. The van der Waals surface area contributed by atoms with Crippen molar-refractivity contribution in [2.24, 2.45) is 5.92 Å². The zero-order chi connectivity index (χ0) is 21.0. The maximum absolute atomic E-state index is 12.5. The van der Waals surface area contributed by atoms with E-state index in [0.29, 0.717) is 11.4 Å². The van der Waals surface area contributed by atoms with Crippen LogP contribution in [-0.2, 0) is 11.3 Å². The summed E-state index contributed by atoms with van der Waals surface area (Å²) in [5.41, 5.74) is 2.33. The topological polar surface area (TPSA) is 93.2 Å². The zero-order valence-corrected chi connectivity index (χ0v) is 16.2. The minimum absolute atomic E-state index is 0.00649. The number of aromatic nitrogens is 2. The highest BCUT2D eigenvalue weighted by Crippen LogP contribution is 2.29. The maximum Gasteiger partial charge on any atom is 0.272 e. The average Bonchev–Trinajstić information content (AvgIpc) is 3.50. The Kier molecular flexibility index (Phi) is 6.36. The number of carbonyl (C=O) groups is 2. The van der Waals surface area contributed by atoms with Gasteiger partial charge in [-0.15, -0.1) is 0 Å². The van der Waals surface area contributed by atoms with Gasteiger partial charge in [-0.05, 0) is 56.0 Å². The largest absolute Gasteiger partial charge is 0.488 e. The second kappa shape index (κ2) is 8.93. The van der Waals surface area contributed by atoms with Crippen LogP contribution in [0.5, 0.6) is 5.75 Å². The first-order valence-corrected chi connectivity index (χ1v) is 9.27. The number of alkyl halides is 2. The number of aryl methyl sites for hydroxylation is 2. The van der Waals surface area contributed by atoms with E-state index in [4.69, 9.17) is 4.74 Å². The predicted molar refractivity (Wildman–Crippen MR) is 102 cm³/mol. The lowest BCUT2D eigenvalue weighted by atomic mass is 10.1. The summed E-state index contributed by atoms with van der Waals surface area (Å²) in [4.78, 5) is 32.6. The van der Waals surface area contributed by atoms with E-state index in [1.54, 1.807) is 32.0 Å². The first kappa shape index (κ1) is 20.6. The summed E-state index contributed by atoms with van der Waals surface area (Å²) in [7, 11) is 0. The molecule has 1 aliphatic rings. The van der Waals surface area contributed by atoms with E-state index in [9.17, 15) is 18.4 Å². The van der Waals surface area contributed by atoms with E-state index in [-0.39, 0.29) is 30.0 Å². The lowest BCUT2D eigenvalue weighted by Gasteiger charge is -2.11. The van der Waals surface area contributed by atoms with Crippen molar-refractivity contribution in [3.8, 4) is 5.75 Å². The number of nitrogens with one attached hydrogen (secondary N) is 2. The summed E-state index contributed by atoms with van der Waals surface area (Å²) < 4.78 is 29.5. The lowest BCUT2D eigenvalue weighted by molar-refractivity contribution is -0.117. The third-order valence-corrected chi connectivity index (χ3v) is 4.40. The summed E-state index contributed by atoms with van der Waals surface area (Å²) in [6.07, 6.45) is -0.823. The van der Waals surface area contributed by atoms with Crippen LogP contribution in [0.4, 0.5) is 14.7 Å². The normalized spacial score (nSPS) is 13.3. The van der Waals surface area contributed by atoms with Gasteiger partial charge in [-0.1, -0.05) is 6.07 Å². The third-order valence-electron chi connectivity index (χ3n) is 4.40. The van der Waals surface area contributed by atoms with Gasteiger partial charge in [0.15, 0.2) is 0 Å². The van der Waals surface area contributed by atoms with Gasteiger partial charge < -0.3 is 10.1 Å². The van der Waals surface area contributed by atoms with Crippen LogP contribution in [0.15, 0.2) is 24.3 Å². The van der Waals surface area contributed by atoms with E-state index >= 15 is 0 Å². The standard InChI is InChI=1S/C20H22F2N4O3/c1-11-7-15(29-10-17(21)22)6-5-14(11)9-23-19(28)16-8-12(2)24-20(25-16)26-18(27)13-3-4-13/h5-8,13,17H,3-4,9-10H2,1-2H3,(H,23,28)(H,24,25,26,27). The summed E-state index contributed by atoms with van der Waals surface area (Å²) >= 11 is 0. The van der Waals surface area contributed by atoms with Crippen molar-refractivity contribution in [3.05, 3.63) is 46.8 Å². The predicted octanol–water partition coefficient (Wildman–Crippen LogP) is 3.02. The van der Waals surface area contributed by atoms with Gasteiger partial charge in [0.1, 0.15) is 18.1 Å². The van der Waals surface area contributed by atoms with Gasteiger partial charge >= 0.3 is 0 Å². The van der Waals surface area contributed by atoms with Crippen LogP contribution in [-0.4, -0.2) is 34.8 Å². The molecule has 0 radical (unpaired) electrons. The van der Waals surface area contributed by atoms with Crippen molar-refractivity contribution in [2.75, 3.05) is 11.9 Å². The van der Waals surface area contributed by atoms with Crippen LogP contribution in [0.2, 0.25) is 0 Å². The van der Waals surface area contributed by atoms with Crippen molar-refractivity contribution < 1.29 is 23.1 Å². The van der Waals surface area contributed by atoms with Crippen molar-refractivity contribution >= 4 is 17.8 Å². The van der Waals surface area contributed by atoms with Gasteiger partial charge in [-0.25, -0.2) is 18.7 Å². The molecule has 2 N–H and O–H groups in total. The van der Waals surface area contributed by atoms with Crippen LogP contribution in [0, 0.1) is 19.8 Å². The lowest BCUT2D eigenvalue weighted by Crippen LogP contribution is -2.25. The molecule has 1 aromatic carbocycles. The van der Waals surface area contributed by atoms with Crippen molar-refractivity contribution in [1.82, 2.24) is 15.3 Å². The van der Waals surface area contributed by atoms with Gasteiger partial charge in [0.05, 0.1) is 0 Å². The monoisotopic (exact) mass is 404 g/mol. The van der Waals surface area contributed by atoms with E-state index < -0.39 is 18.9 Å². The molecule has 2 aromatic rings. The molecule has 154 valence electrons. The number of anilines is 1. The number of carbonyl (C=O) groups excluding carboxylic acids is 2. The van der Waals surface area contributed by atoms with Gasteiger partial charge in [0, 0.05) is 18.2 Å². The Labute approximate surface area is 166 Å². The molecule has 9 heteroatoms. The zero-order valence-electron chi connectivity index (χ0n) is 16.2. The SMILES string of the molecule is Cc1cc(C(=O)NCc2ccc(OCC(F)F)cc2C)nc(NC(=O)C2CC2)n1. The first-order chi connectivity index (χ1) is 13.8. The summed E-state index contributed by atoms with van der Waals surface area (Å²) in [5.74, 6) is -0.0716. The highest BCUT2D eigenvalue weighted by atomic mass is 19.3. The van der Waals surface area contributed by atoms with Crippen LogP contribution < -0.4 is 15.4 Å². The van der Waals surface area contributed by atoms with Crippen LogP contribution in [0.3, 0.4) is 0 Å². The highest BCUT2D eigenvalue weighted by Gasteiger charge is 2.30. The molecule has 0 aliphatic heterocycles. The van der Waals surface area contributed by atoms with Crippen LogP contribution >= 0.6 is 0 Å². The molecule has 1 saturated carbocycles. The molecule has 3 rings (SSSR count). The van der Waals surface area contributed by atoms with Crippen LogP contribution in [0.25, 0.3) is 0 Å². The first-order valence-electron chi connectivity index (χ1n) is 9.27. The number of amides is 2. The fraction of sp³-hybridized carbons (Fsp3) is 0.400. The molecule has 1 heterocycles. The molecule has 1 fully saturated rings. The molecule has 0 unspecified atom stereocenters. The number of hydrogen-bond acceptors (Lipinski definition) is 5. The van der Waals surface area contributed by atoms with Crippen LogP contribution in [0.1, 0.15) is 40.2 Å². The number of nitrogens with zero attached hydrogens (tertiary/aromatic N) is 2. The molecule has 29 heavy (non-hydrogen) atoms. The molecule has 0 bridgehead atoms. The second-order valence-electron chi connectivity index (χ2n) is 6.95. The minimum Gasteiger partial charge on any atom is -0.488 e. The molecule has 0 spiro atoms. The van der Waals surface area contributed by atoms with Crippen molar-refractivity contribution in [1.29, 1.82) is 0 Å². The van der Waals surface area contributed by atoms with Gasteiger partial charge in [-0.2, -0.15) is 0 Å². The number of benzene rings is 1. The fourth-order valence-corrected chi connectivity index (χ4v) is 2.68. The van der Waals surface area contributed by atoms with Crippen molar-refractivity contribution in [3.63, 3.8) is 0 Å². The summed E-state index contributed by atoms with van der Waals surface area (Å²) in [6, 6.07) is 6.47.